The Bertz CT molecular complexity index is 1140. The van der Waals surface area contributed by atoms with Crippen molar-refractivity contribution in [1.82, 2.24) is 0 Å². The van der Waals surface area contributed by atoms with Crippen molar-refractivity contribution in [3.63, 3.8) is 0 Å². The van der Waals surface area contributed by atoms with Crippen LogP contribution in [0.15, 0.2) is 83.8 Å². The summed E-state index contributed by atoms with van der Waals surface area (Å²) < 4.78 is 31.1. The highest BCUT2D eigenvalue weighted by molar-refractivity contribution is 7.92. The van der Waals surface area contributed by atoms with Crippen LogP contribution in [0.2, 0.25) is 0 Å². The van der Waals surface area contributed by atoms with Crippen molar-refractivity contribution in [2.45, 2.75) is 35.8 Å². The van der Waals surface area contributed by atoms with Gasteiger partial charge in [-0.2, -0.15) is 0 Å². The maximum atomic E-state index is 12.7. The van der Waals surface area contributed by atoms with Gasteiger partial charge in [-0.05, 0) is 48.7 Å². The van der Waals surface area contributed by atoms with Crippen LogP contribution in [-0.4, -0.2) is 26.2 Å². The highest BCUT2D eigenvalue weighted by atomic mass is 32.2. The van der Waals surface area contributed by atoms with E-state index in [4.69, 9.17) is 4.74 Å². The van der Waals surface area contributed by atoms with Crippen LogP contribution in [0.5, 0.6) is 5.75 Å². The zero-order valence-electron chi connectivity index (χ0n) is 17.2. The minimum absolute atomic E-state index is 0.147. The predicted octanol–water partition coefficient (Wildman–Crippen LogP) is 5.09. The minimum Gasteiger partial charge on any atom is -0.483 e. The second-order valence-electron chi connectivity index (χ2n) is 7.67. The van der Waals surface area contributed by atoms with E-state index in [9.17, 15) is 13.2 Å². The molecule has 1 N–H and O–H groups in total. The molecule has 0 aliphatic heterocycles. The first-order valence-corrected chi connectivity index (χ1v) is 12.0. The SMILES string of the molecule is O=C(COc1ccccc1-c1ccccc1)Nc1ccc(S(=O)(=O)C2CCCC2)cc1. The molecule has 3 aromatic rings. The first-order chi connectivity index (χ1) is 15.0. The zero-order valence-corrected chi connectivity index (χ0v) is 18.0. The molecule has 0 radical (unpaired) electrons. The van der Waals surface area contributed by atoms with Crippen molar-refractivity contribution in [3.05, 3.63) is 78.9 Å². The average Bonchev–Trinajstić information content (AvgIpc) is 3.35. The molecule has 0 heterocycles. The third-order valence-corrected chi connectivity index (χ3v) is 7.82. The molecule has 160 valence electrons. The maximum Gasteiger partial charge on any atom is 0.262 e. The summed E-state index contributed by atoms with van der Waals surface area (Å²) in [6.07, 6.45) is 3.38. The smallest absolute Gasteiger partial charge is 0.262 e. The molecule has 1 saturated carbocycles. The molecule has 0 aromatic heterocycles. The molecular weight excluding hydrogens is 410 g/mol. The average molecular weight is 436 g/mol. The summed E-state index contributed by atoms with van der Waals surface area (Å²) >= 11 is 0. The lowest BCUT2D eigenvalue weighted by molar-refractivity contribution is -0.118. The zero-order chi connectivity index (χ0) is 21.7. The number of carbonyl (C=O) groups excluding carboxylic acids is 1. The van der Waals surface area contributed by atoms with Gasteiger partial charge in [0.2, 0.25) is 0 Å². The molecule has 0 saturated heterocycles. The number of para-hydroxylation sites is 1. The monoisotopic (exact) mass is 435 g/mol. The van der Waals surface area contributed by atoms with Gasteiger partial charge in [0.1, 0.15) is 5.75 Å². The van der Waals surface area contributed by atoms with Gasteiger partial charge in [-0.1, -0.05) is 61.4 Å². The van der Waals surface area contributed by atoms with Gasteiger partial charge in [0.05, 0.1) is 10.1 Å². The Kier molecular flexibility index (Phi) is 6.37. The summed E-state index contributed by atoms with van der Waals surface area (Å²) in [4.78, 5) is 12.7. The van der Waals surface area contributed by atoms with E-state index in [2.05, 4.69) is 5.32 Å². The first kappa shape index (κ1) is 21.1. The minimum atomic E-state index is -3.30. The molecular formula is C25H25NO4S. The fourth-order valence-electron chi connectivity index (χ4n) is 3.91. The number of nitrogens with one attached hydrogen (secondary N) is 1. The van der Waals surface area contributed by atoms with E-state index >= 15 is 0 Å². The van der Waals surface area contributed by atoms with Crippen molar-refractivity contribution < 1.29 is 17.9 Å². The van der Waals surface area contributed by atoms with Crippen molar-refractivity contribution in [3.8, 4) is 16.9 Å². The second kappa shape index (κ2) is 9.35. The predicted molar refractivity (Wildman–Crippen MR) is 122 cm³/mol. The highest BCUT2D eigenvalue weighted by Crippen LogP contribution is 2.31. The van der Waals surface area contributed by atoms with Gasteiger partial charge in [-0.3, -0.25) is 4.79 Å². The Labute approximate surface area is 183 Å². The Morgan fingerprint density at radius 3 is 2.23 bits per heavy atom. The lowest BCUT2D eigenvalue weighted by Gasteiger charge is -2.13. The van der Waals surface area contributed by atoms with E-state index in [0.29, 0.717) is 16.3 Å². The van der Waals surface area contributed by atoms with Gasteiger partial charge >= 0.3 is 0 Å². The maximum absolute atomic E-state index is 12.7. The number of ether oxygens (including phenoxy) is 1. The van der Waals surface area contributed by atoms with Crippen LogP contribution in [0.25, 0.3) is 11.1 Å². The van der Waals surface area contributed by atoms with Crippen molar-refractivity contribution in [2.24, 2.45) is 0 Å². The number of sulfone groups is 1. The Morgan fingerprint density at radius 1 is 0.871 bits per heavy atom. The normalized spacial score (nSPS) is 14.3. The number of benzene rings is 3. The quantitative estimate of drug-likeness (QED) is 0.561. The van der Waals surface area contributed by atoms with Gasteiger partial charge in [0.15, 0.2) is 16.4 Å². The molecule has 3 aromatic carbocycles. The van der Waals surface area contributed by atoms with Crippen LogP contribution < -0.4 is 10.1 Å². The standard InChI is InChI=1S/C25H25NO4S/c27-25(18-30-24-13-7-6-12-23(24)19-8-2-1-3-9-19)26-20-14-16-22(17-15-20)31(28,29)21-10-4-5-11-21/h1-3,6-9,12-17,21H,4-5,10-11,18H2,(H,26,27). The Balaban J connectivity index is 1.38. The first-order valence-electron chi connectivity index (χ1n) is 10.4. The molecule has 1 aliphatic rings. The van der Waals surface area contributed by atoms with Crippen LogP contribution in [0.4, 0.5) is 5.69 Å². The molecule has 1 aliphatic carbocycles. The molecule has 6 heteroatoms. The van der Waals surface area contributed by atoms with E-state index < -0.39 is 9.84 Å². The molecule has 0 spiro atoms. The summed E-state index contributed by atoms with van der Waals surface area (Å²) in [5, 5.41) is 2.47. The number of anilines is 1. The number of hydrogen-bond acceptors (Lipinski definition) is 4. The van der Waals surface area contributed by atoms with E-state index in [1.165, 1.54) is 0 Å². The van der Waals surface area contributed by atoms with Gasteiger partial charge in [0, 0.05) is 11.3 Å². The fourth-order valence-corrected chi connectivity index (χ4v) is 5.76. The summed E-state index contributed by atoms with van der Waals surface area (Å²) in [6, 6.07) is 23.8. The number of carbonyl (C=O) groups is 1. The number of amides is 1. The van der Waals surface area contributed by atoms with Crippen LogP contribution >= 0.6 is 0 Å². The van der Waals surface area contributed by atoms with Crippen LogP contribution in [0.1, 0.15) is 25.7 Å². The second-order valence-corrected chi connectivity index (χ2v) is 9.90. The summed E-state index contributed by atoms with van der Waals surface area (Å²) in [5.41, 5.74) is 2.46. The molecule has 5 nitrogen and oxygen atoms in total. The highest BCUT2D eigenvalue weighted by Gasteiger charge is 2.30. The van der Waals surface area contributed by atoms with Gasteiger partial charge in [-0.15, -0.1) is 0 Å². The lowest BCUT2D eigenvalue weighted by Crippen LogP contribution is -2.20. The summed E-state index contributed by atoms with van der Waals surface area (Å²) in [7, 11) is -3.30. The summed E-state index contributed by atoms with van der Waals surface area (Å²) in [5.74, 6) is 0.316. The summed E-state index contributed by atoms with van der Waals surface area (Å²) in [6.45, 7) is -0.147. The van der Waals surface area contributed by atoms with E-state index in [0.717, 1.165) is 36.8 Å². The third kappa shape index (κ3) is 4.97. The van der Waals surface area contributed by atoms with Gasteiger partial charge < -0.3 is 10.1 Å². The van der Waals surface area contributed by atoms with Crippen molar-refractivity contribution in [1.29, 1.82) is 0 Å². The molecule has 31 heavy (non-hydrogen) atoms. The van der Waals surface area contributed by atoms with E-state index in [1.807, 2.05) is 54.6 Å². The van der Waals surface area contributed by atoms with Crippen molar-refractivity contribution >= 4 is 21.4 Å². The molecule has 0 unspecified atom stereocenters. The largest absolute Gasteiger partial charge is 0.483 e. The topological polar surface area (TPSA) is 72.5 Å². The number of hydrogen-bond donors (Lipinski definition) is 1. The van der Waals surface area contributed by atoms with Crippen molar-refractivity contribution in [2.75, 3.05) is 11.9 Å². The molecule has 0 atom stereocenters. The third-order valence-electron chi connectivity index (χ3n) is 5.54. The lowest BCUT2D eigenvalue weighted by atomic mass is 10.1. The van der Waals surface area contributed by atoms with E-state index in [1.54, 1.807) is 24.3 Å². The number of rotatable bonds is 7. The van der Waals surface area contributed by atoms with Gasteiger partial charge in [-0.25, -0.2) is 8.42 Å². The Hall–Kier alpha value is -3.12. The van der Waals surface area contributed by atoms with Gasteiger partial charge in [0.25, 0.3) is 5.91 Å². The molecule has 1 fully saturated rings. The Morgan fingerprint density at radius 2 is 1.52 bits per heavy atom. The molecule has 4 rings (SSSR count). The van der Waals surface area contributed by atoms with Crippen LogP contribution in [0.3, 0.4) is 0 Å². The molecule has 1 amide bonds. The fraction of sp³-hybridized carbons (Fsp3) is 0.240. The van der Waals surface area contributed by atoms with Crippen LogP contribution in [0, 0.1) is 0 Å². The molecule has 0 bridgehead atoms. The van der Waals surface area contributed by atoms with Crippen LogP contribution in [-0.2, 0) is 14.6 Å². The van der Waals surface area contributed by atoms with E-state index in [-0.39, 0.29) is 17.8 Å².